The molecule has 2 aromatic carbocycles. The highest BCUT2D eigenvalue weighted by molar-refractivity contribution is 7.07. The maximum absolute atomic E-state index is 11.3. The Morgan fingerprint density at radius 3 is 2.64 bits per heavy atom. The molecule has 0 bridgehead atoms. The largest absolute Gasteiger partial charge is 0.463 e. The van der Waals surface area contributed by atoms with Crippen molar-refractivity contribution >= 4 is 34.3 Å². The van der Waals surface area contributed by atoms with Crippen LogP contribution in [0.1, 0.15) is 5.56 Å². The maximum Gasteiger partial charge on any atom is 0.294 e. The van der Waals surface area contributed by atoms with Gasteiger partial charge in [-0.05, 0) is 29.8 Å². The van der Waals surface area contributed by atoms with Gasteiger partial charge in [0.1, 0.15) is 5.69 Å². The first-order chi connectivity index (χ1) is 13.6. The van der Waals surface area contributed by atoms with Crippen LogP contribution in [0.25, 0.3) is 11.5 Å². The highest BCUT2D eigenvalue weighted by atomic mass is 35.5. The third kappa shape index (κ3) is 3.62. The number of thiazole rings is 1. The van der Waals surface area contributed by atoms with Gasteiger partial charge in [0.15, 0.2) is 10.6 Å². The molecule has 8 heteroatoms. The molecule has 28 heavy (non-hydrogen) atoms. The van der Waals surface area contributed by atoms with E-state index >= 15 is 0 Å². The molecule has 4 rings (SSSR count). The first kappa shape index (κ1) is 18.2. The van der Waals surface area contributed by atoms with Gasteiger partial charge in [-0.15, -0.1) is 11.3 Å². The lowest BCUT2D eigenvalue weighted by atomic mass is 10.2. The molecule has 0 aliphatic heterocycles. The van der Waals surface area contributed by atoms with E-state index in [4.69, 9.17) is 16.0 Å². The Bertz CT molecular complexity index is 1200. The highest BCUT2D eigenvalue weighted by Gasteiger charge is 2.15. The number of para-hydroxylation sites is 2. The lowest BCUT2D eigenvalue weighted by Gasteiger charge is -2.09. The summed E-state index contributed by atoms with van der Waals surface area (Å²) in [6, 6.07) is 17.6. The Morgan fingerprint density at radius 1 is 1.11 bits per heavy atom. The van der Waals surface area contributed by atoms with Crippen LogP contribution < -0.4 is 4.80 Å². The Kier molecular flexibility index (Phi) is 5.10. The summed E-state index contributed by atoms with van der Waals surface area (Å²) >= 11 is 7.73. The summed E-state index contributed by atoms with van der Waals surface area (Å²) in [5, 5.41) is 13.9. The third-order valence-electron chi connectivity index (χ3n) is 4.15. The monoisotopic (exact) mass is 411 g/mol. The molecule has 0 aliphatic carbocycles. The second-order valence-electron chi connectivity index (χ2n) is 5.92. The highest BCUT2D eigenvalue weighted by Crippen LogP contribution is 2.27. The van der Waals surface area contributed by atoms with Gasteiger partial charge in [-0.25, -0.2) is 4.99 Å². The van der Waals surface area contributed by atoms with Crippen molar-refractivity contribution in [3.05, 3.63) is 97.8 Å². The van der Waals surface area contributed by atoms with Crippen molar-refractivity contribution in [3.63, 3.8) is 0 Å². The number of hydrogen-bond donors (Lipinski definition) is 0. The van der Waals surface area contributed by atoms with Crippen LogP contribution in [0.3, 0.4) is 0 Å². The fourth-order valence-corrected chi connectivity index (χ4v) is 3.90. The fourth-order valence-electron chi connectivity index (χ4n) is 2.81. The molecular weight excluding hydrogens is 398 g/mol. The summed E-state index contributed by atoms with van der Waals surface area (Å²) in [6.45, 7) is 0.457. The van der Waals surface area contributed by atoms with Gasteiger partial charge in [0.05, 0.1) is 23.4 Å². The van der Waals surface area contributed by atoms with E-state index in [0.717, 1.165) is 11.3 Å². The average Bonchev–Trinajstić information content (AvgIpc) is 3.34. The van der Waals surface area contributed by atoms with Gasteiger partial charge >= 0.3 is 0 Å². The van der Waals surface area contributed by atoms with E-state index in [-0.39, 0.29) is 5.69 Å². The van der Waals surface area contributed by atoms with E-state index in [1.165, 1.54) is 17.4 Å². The van der Waals surface area contributed by atoms with Crippen molar-refractivity contribution in [2.75, 3.05) is 0 Å². The van der Waals surface area contributed by atoms with Crippen LogP contribution in [0, 0.1) is 10.1 Å². The van der Waals surface area contributed by atoms with Crippen molar-refractivity contribution in [1.29, 1.82) is 0 Å². The molecule has 0 saturated carbocycles. The number of aromatic nitrogens is 1. The van der Waals surface area contributed by atoms with Crippen LogP contribution in [0.15, 0.2) is 81.7 Å². The molecular formula is C20H14ClN3O3S. The van der Waals surface area contributed by atoms with Gasteiger partial charge in [0, 0.05) is 16.5 Å². The number of nitro groups is 1. The Balaban J connectivity index is 1.89. The minimum absolute atomic E-state index is 0.0419. The molecule has 0 radical (unpaired) electrons. The van der Waals surface area contributed by atoms with Gasteiger partial charge in [0.2, 0.25) is 0 Å². The SMILES string of the molecule is O=[N+]([O-])c1ccccc1N=c1scc(-c2ccco2)n1Cc1ccccc1Cl. The van der Waals surface area contributed by atoms with Crippen LogP contribution in [-0.4, -0.2) is 9.49 Å². The molecule has 0 unspecified atom stereocenters. The second-order valence-corrected chi connectivity index (χ2v) is 7.16. The molecule has 0 saturated heterocycles. The van der Waals surface area contributed by atoms with E-state index in [9.17, 15) is 10.1 Å². The van der Waals surface area contributed by atoms with Crippen molar-refractivity contribution in [1.82, 2.24) is 4.57 Å². The molecule has 0 N–H and O–H groups in total. The third-order valence-corrected chi connectivity index (χ3v) is 5.38. The van der Waals surface area contributed by atoms with Gasteiger partial charge < -0.3 is 8.98 Å². The predicted octanol–water partition coefficient (Wildman–Crippen LogP) is 5.65. The zero-order valence-corrected chi connectivity index (χ0v) is 16.1. The minimum atomic E-state index is -0.432. The zero-order chi connectivity index (χ0) is 19.5. The first-order valence-electron chi connectivity index (χ1n) is 8.37. The van der Waals surface area contributed by atoms with Crippen molar-refractivity contribution in [2.45, 2.75) is 6.54 Å². The minimum Gasteiger partial charge on any atom is -0.463 e. The van der Waals surface area contributed by atoms with Crippen LogP contribution in [0.4, 0.5) is 11.4 Å². The molecule has 2 heterocycles. The van der Waals surface area contributed by atoms with Crippen molar-refractivity contribution in [2.24, 2.45) is 4.99 Å². The van der Waals surface area contributed by atoms with Crippen LogP contribution in [0.2, 0.25) is 5.02 Å². The van der Waals surface area contributed by atoms with E-state index in [1.807, 2.05) is 46.3 Å². The van der Waals surface area contributed by atoms with Crippen LogP contribution >= 0.6 is 22.9 Å². The molecule has 4 aromatic rings. The van der Waals surface area contributed by atoms with Gasteiger partial charge in [-0.2, -0.15) is 0 Å². The summed E-state index contributed by atoms with van der Waals surface area (Å²) in [7, 11) is 0. The lowest BCUT2D eigenvalue weighted by molar-refractivity contribution is -0.384. The normalized spacial score (nSPS) is 11.7. The quantitative estimate of drug-likeness (QED) is 0.314. The van der Waals surface area contributed by atoms with E-state index < -0.39 is 4.92 Å². The van der Waals surface area contributed by atoms with Gasteiger partial charge in [-0.3, -0.25) is 10.1 Å². The van der Waals surface area contributed by atoms with Crippen molar-refractivity contribution in [3.8, 4) is 11.5 Å². The van der Waals surface area contributed by atoms with Crippen LogP contribution in [-0.2, 0) is 6.54 Å². The zero-order valence-electron chi connectivity index (χ0n) is 14.5. The number of furan rings is 1. The Labute approximate surface area is 169 Å². The number of halogens is 1. The van der Waals surface area contributed by atoms with E-state index in [2.05, 4.69) is 4.99 Å². The summed E-state index contributed by atoms with van der Waals surface area (Å²) < 4.78 is 7.50. The Hall–Kier alpha value is -3.16. The molecule has 0 aliphatic rings. The molecule has 0 atom stereocenters. The number of benzene rings is 2. The number of nitrogens with zero attached hydrogens (tertiary/aromatic N) is 3. The topological polar surface area (TPSA) is 73.6 Å². The number of rotatable bonds is 5. The fraction of sp³-hybridized carbons (Fsp3) is 0.0500. The number of hydrogen-bond acceptors (Lipinski definition) is 5. The first-order valence-corrected chi connectivity index (χ1v) is 9.63. The number of nitro benzene ring substituents is 1. The molecule has 0 fully saturated rings. The van der Waals surface area contributed by atoms with Gasteiger partial charge in [0.25, 0.3) is 5.69 Å². The summed E-state index contributed by atoms with van der Waals surface area (Å²) in [4.78, 5) is 16.1. The van der Waals surface area contributed by atoms with Gasteiger partial charge in [-0.1, -0.05) is 41.9 Å². The summed E-state index contributed by atoms with van der Waals surface area (Å²) in [5.74, 6) is 0.687. The van der Waals surface area contributed by atoms with E-state index in [1.54, 1.807) is 24.5 Å². The lowest BCUT2D eigenvalue weighted by Crippen LogP contribution is -2.17. The average molecular weight is 412 g/mol. The molecule has 6 nitrogen and oxygen atoms in total. The second kappa shape index (κ2) is 7.84. The molecule has 0 spiro atoms. The molecule has 0 amide bonds. The van der Waals surface area contributed by atoms with Crippen LogP contribution in [0.5, 0.6) is 0 Å². The standard InChI is InChI=1S/C20H14ClN3O3S/c21-15-7-2-1-6-14(15)12-23-18(19-10-5-11-27-19)13-28-20(23)22-16-8-3-4-9-17(16)24(25)26/h1-11,13H,12H2. The van der Waals surface area contributed by atoms with Crippen molar-refractivity contribution < 1.29 is 9.34 Å². The smallest absolute Gasteiger partial charge is 0.294 e. The molecule has 140 valence electrons. The van der Waals surface area contributed by atoms with E-state index in [0.29, 0.717) is 27.8 Å². The Morgan fingerprint density at radius 2 is 1.89 bits per heavy atom. The predicted molar refractivity (Wildman–Crippen MR) is 109 cm³/mol. The molecule has 2 aromatic heterocycles. The summed E-state index contributed by atoms with van der Waals surface area (Å²) in [6.07, 6.45) is 1.60. The maximum atomic E-state index is 11.3. The summed E-state index contributed by atoms with van der Waals surface area (Å²) in [5.41, 5.74) is 2.00.